The number of rotatable bonds is 15. The first-order chi connectivity index (χ1) is 27.8. The van der Waals surface area contributed by atoms with Gasteiger partial charge in [-0.2, -0.15) is 0 Å². The fourth-order valence-electron chi connectivity index (χ4n) is 6.83. The van der Waals surface area contributed by atoms with Crippen LogP contribution in [0.3, 0.4) is 0 Å². The van der Waals surface area contributed by atoms with Gasteiger partial charge >= 0.3 is 0 Å². The summed E-state index contributed by atoms with van der Waals surface area (Å²) in [6.07, 6.45) is 7.96. The first kappa shape index (κ1) is 42.9. The molecular formula is C47H58ClN7O2. The van der Waals surface area contributed by atoms with Crippen LogP contribution < -0.4 is 25.8 Å². The lowest BCUT2D eigenvalue weighted by Crippen LogP contribution is -2.25. The van der Waals surface area contributed by atoms with E-state index in [1.807, 2.05) is 85.2 Å². The van der Waals surface area contributed by atoms with Crippen LogP contribution in [0.4, 0.5) is 11.4 Å². The maximum Gasteiger partial charge on any atom is 0.121 e. The first-order valence-corrected chi connectivity index (χ1v) is 20.4. The van der Waals surface area contributed by atoms with Crippen LogP contribution in [0, 0.1) is 0 Å². The standard InChI is InChI=1S/C23H30ClN3O.C15H21N3O.C9H7N/c1-5-27(6-2)13-7-8-16(3)25-23-19-11-9-17(24)14-22(19)26-21-12-10-18(28-4)15-20(21)23;1-11(5-3-7-16)18-14-10-13(19-2)9-12-6-4-8-17-15(12)14;1-2-6-9-8(4-1)5-3-7-10-9/h9-12,14-16H,5-8,13H2,1-4H3,(H,25,26);4,6,8-11,18H,3,5,7,16H2,1-2H3;1-7H. The van der Waals surface area contributed by atoms with E-state index in [1.54, 1.807) is 14.2 Å². The molecule has 0 aliphatic carbocycles. The maximum absolute atomic E-state index is 6.22. The Morgan fingerprint density at radius 2 is 1.39 bits per heavy atom. The summed E-state index contributed by atoms with van der Waals surface area (Å²) in [6.45, 7) is 12.9. The highest BCUT2D eigenvalue weighted by atomic mass is 35.5. The number of anilines is 2. The van der Waals surface area contributed by atoms with E-state index in [9.17, 15) is 0 Å². The molecule has 0 fully saturated rings. The Morgan fingerprint density at radius 3 is 2.12 bits per heavy atom. The second kappa shape index (κ2) is 21.9. The van der Waals surface area contributed by atoms with E-state index in [4.69, 9.17) is 31.8 Å². The van der Waals surface area contributed by atoms with Gasteiger partial charge in [0.05, 0.1) is 47.7 Å². The molecule has 0 amide bonds. The molecule has 9 nitrogen and oxygen atoms in total. The zero-order valence-electron chi connectivity index (χ0n) is 34.3. The number of para-hydroxylation sites is 1. The second-order valence-corrected chi connectivity index (χ2v) is 14.6. The smallest absolute Gasteiger partial charge is 0.121 e. The van der Waals surface area contributed by atoms with E-state index < -0.39 is 0 Å². The highest BCUT2D eigenvalue weighted by Crippen LogP contribution is 2.35. The van der Waals surface area contributed by atoms with E-state index >= 15 is 0 Å². The Hall–Kier alpha value is -5.22. The lowest BCUT2D eigenvalue weighted by atomic mass is 10.1. The third kappa shape index (κ3) is 12.1. The molecule has 3 aromatic heterocycles. The number of ether oxygens (including phenoxy) is 2. The summed E-state index contributed by atoms with van der Waals surface area (Å²) in [5, 5.41) is 12.4. The monoisotopic (exact) mass is 787 g/mol. The third-order valence-electron chi connectivity index (χ3n) is 10.0. The predicted molar refractivity (Wildman–Crippen MR) is 242 cm³/mol. The zero-order valence-corrected chi connectivity index (χ0v) is 35.0. The number of methoxy groups -OCH3 is 2. The van der Waals surface area contributed by atoms with Crippen molar-refractivity contribution in [2.75, 3.05) is 51.0 Å². The van der Waals surface area contributed by atoms with Crippen molar-refractivity contribution in [1.29, 1.82) is 0 Å². The van der Waals surface area contributed by atoms with Gasteiger partial charge in [-0.1, -0.05) is 55.8 Å². The minimum absolute atomic E-state index is 0.353. The van der Waals surface area contributed by atoms with Gasteiger partial charge in [0.25, 0.3) is 0 Å². The van der Waals surface area contributed by atoms with Crippen LogP contribution in [0.25, 0.3) is 43.6 Å². The summed E-state index contributed by atoms with van der Waals surface area (Å²) in [7, 11) is 3.37. The quantitative estimate of drug-likeness (QED) is 0.0875. The maximum atomic E-state index is 6.22. The first-order valence-electron chi connectivity index (χ1n) is 20.0. The second-order valence-electron chi connectivity index (χ2n) is 14.2. The van der Waals surface area contributed by atoms with E-state index in [0.29, 0.717) is 17.1 Å². The van der Waals surface area contributed by atoms with Gasteiger partial charge in [0.2, 0.25) is 0 Å². The molecule has 0 saturated heterocycles. The summed E-state index contributed by atoms with van der Waals surface area (Å²) >= 11 is 6.22. The van der Waals surface area contributed by atoms with Gasteiger partial charge in [-0.15, -0.1) is 0 Å². The van der Waals surface area contributed by atoms with Gasteiger partial charge < -0.3 is 30.7 Å². The lowest BCUT2D eigenvalue weighted by Gasteiger charge is -2.22. The fourth-order valence-corrected chi connectivity index (χ4v) is 7.00. The van der Waals surface area contributed by atoms with Gasteiger partial charge in [0.15, 0.2) is 0 Å². The van der Waals surface area contributed by atoms with Crippen molar-refractivity contribution in [1.82, 2.24) is 19.9 Å². The highest BCUT2D eigenvalue weighted by Gasteiger charge is 2.14. The normalized spacial score (nSPS) is 12.1. The Balaban J connectivity index is 0.000000182. The molecule has 3 heterocycles. The molecule has 2 atom stereocenters. The molecule has 10 heteroatoms. The van der Waals surface area contributed by atoms with E-state index in [2.05, 4.69) is 77.5 Å². The molecule has 0 aliphatic rings. The molecule has 0 saturated carbocycles. The number of nitrogens with zero attached hydrogens (tertiary/aromatic N) is 4. The molecule has 7 rings (SSSR count). The fraction of sp³-hybridized carbons (Fsp3) is 0.340. The minimum atomic E-state index is 0.353. The highest BCUT2D eigenvalue weighted by molar-refractivity contribution is 6.31. The van der Waals surface area contributed by atoms with Crippen LogP contribution in [0.5, 0.6) is 11.5 Å². The number of pyridine rings is 3. The van der Waals surface area contributed by atoms with Gasteiger partial charge in [0.1, 0.15) is 11.5 Å². The Bertz CT molecular complexity index is 2250. The summed E-state index contributed by atoms with van der Waals surface area (Å²) < 4.78 is 10.8. The van der Waals surface area contributed by atoms with Crippen LogP contribution in [-0.2, 0) is 0 Å². The molecule has 0 spiro atoms. The molecular weight excluding hydrogens is 730 g/mol. The number of nitrogens with one attached hydrogen (secondary N) is 2. The van der Waals surface area contributed by atoms with Crippen LogP contribution in [-0.4, -0.2) is 72.3 Å². The summed E-state index contributed by atoms with van der Waals surface area (Å²) in [5.41, 5.74) is 11.5. The molecule has 0 bridgehead atoms. The van der Waals surface area contributed by atoms with Crippen molar-refractivity contribution in [3.05, 3.63) is 114 Å². The number of nitrogens with two attached hydrogens (primary N) is 1. The van der Waals surface area contributed by atoms with E-state index in [1.165, 1.54) is 11.8 Å². The molecule has 7 aromatic rings. The topological polar surface area (TPSA) is 110 Å². The molecule has 0 aliphatic heterocycles. The van der Waals surface area contributed by atoms with Crippen molar-refractivity contribution >= 4 is 66.6 Å². The van der Waals surface area contributed by atoms with Gasteiger partial charge in [-0.3, -0.25) is 9.97 Å². The number of halogens is 1. The molecule has 4 aromatic carbocycles. The number of hydrogen-bond acceptors (Lipinski definition) is 9. The number of fused-ring (bicyclic) bond motifs is 4. The largest absolute Gasteiger partial charge is 0.497 e. The van der Waals surface area contributed by atoms with Crippen molar-refractivity contribution in [3.63, 3.8) is 0 Å². The number of benzene rings is 4. The average Bonchev–Trinajstić information content (AvgIpc) is 3.24. The lowest BCUT2D eigenvalue weighted by molar-refractivity contribution is 0.295. The van der Waals surface area contributed by atoms with Crippen LogP contribution >= 0.6 is 11.6 Å². The predicted octanol–water partition coefficient (Wildman–Crippen LogP) is 11.0. The van der Waals surface area contributed by atoms with Crippen molar-refractivity contribution in [2.45, 2.75) is 65.5 Å². The SMILES string of the molecule is CCN(CC)CCCC(C)Nc1c2ccc(Cl)cc2nc2ccc(OC)cc12.COc1cc(NC(C)CCCN)c2ncccc2c1.c1ccc2ncccc2c1. The number of aromatic nitrogens is 3. The molecule has 57 heavy (non-hydrogen) atoms. The average molecular weight is 788 g/mol. The third-order valence-corrected chi connectivity index (χ3v) is 10.2. The van der Waals surface area contributed by atoms with Crippen LogP contribution in [0.15, 0.2) is 109 Å². The van der Waals surface area contributed by atoms with Crippen molar-refractivity contribution in [3.8, 4) is 11.5 Å². The summed E-state index contributed by atoms with van der Waals surface area (Å²) in [5.74, 6) is 1.67. The zero-order chi connectivity index (χ0) is 40.6. The molecule has 0 radical (unpaired) electrons. The Morgan fingerprint density at radius 1 is 0.684 bits per heavy atom. The van der Waals surface area contributed by atoms with E-state index in [-0.39, 0.29) is 0 Å². The van der Waals surface area contributed by atoms with Crippen molar-refractivity contribution in [2.24, 2.45) is 5.73 Å². The van der Waals surface area contributed by atoms with Gasteiger partial charge in [-0.05, 0) is 126 Å². The van der Waals surface area contributed by atoms with Gasteiger partial charge in [-0.25, -0.2) is 4.98 Å². The summed E-state index contributed by atoms with van der Waals surface area (Å²) in [6, 6.07) is 32.7. The van der Waals surface area contributed by atoms with Crippen molar-refractivity contribution < 1.29 is 9.47 Å². The molecule has 4 N–H and O–H groups in total. The Kier molecular flexibility index (Phi) is 16.5. The minimum Gasteiger partial charge on any atom is -0.497 e. The molecule has 300 valence electrons. The van der Waals surface area contributed by atoms with Gasteiger partial charge in [0, 0.05) is 57.1 Å². The van der Waals surface area contributed by atoms with Crippen LogP contribution in [0.1, 0.15) is 53.4 Å². The Labute approximate surface area is 343 Å². The number of hydrogen-bond donors (Lipinski definition) is 3. The van der Waals surface area contributed by atoms with E-state index in [0.717, 1.165) is 107 Å². The molecule has 2 unspecified atom stereocenters. The summed E-state index contributed by atoms with van der Waals surface area (Å²) in [4.78, 5) is 15.9. The van der Waals surface area contributed by atoms with Crippen LogP contribution in [0.2, 0.25) is 5.02 Å².